The summed E-state index contributed by atoms with van der Waals surface area (Å²) in [5, 5.41) is 0. The van der Waals surface area contributed by atoms with Gasteiger partial charge in [0.25, 0.3) is 0 Å². The largest absolute Gasteiger partial charge is 0.381 e. The number of pyridine rings is 1. The number of rotatable bonds is 5. The highest BCUT2D eigenvalue weighted by Crippen LogP contribution is 2.19. The van der Waals surface area contributed by atoms with E-state index in [1.54, 1.807) is 6.92 Å². The molecule has 0 aromatic carbocycles. The van der Waals surface area contributed by atoms with Gasteiger partial charge < -0.3 is 9.72 Å². The molecule has 2 heterocycles. The second-order valence-electron chi connectivity index (χ2n) is 4.57. The summed E-state index contributed by atoms with van der Waals surface area (Å²) >= 11 is 0. The fourth-order valence-electron chi connectivity index (χ4n) is 2.12. The first kappa shape index (κ1) is 14.2. The second kappa shape index (κ2) is 5.85. The lowest BCUT2D eigenvalue weighted by Crippen LogP contribution is -2.35. The van der Waals surface area contributed by atoms with E-state index in [1.165, 1.54) is 22.6 Å². The highest BCUT2D eigenvalue weighted by molar-refractivity contribution is 7.89. The third-order valence-electron chi connectivity index (χ3n) is 3.23. The number of nitrogens with one attached hydrogen (secondary N) is 1. The molecule has 2 rings (SSSR count). The van der Waals surface area contributed by atoms with E-state index >= 15 is 0 Å². The van der Waals surface area contributed by atoms with Crippen LogP contribution >= 0.6 is 0 Å². The van der Waals surface area contributed by atoms with Crippen LogP contribution in [0.4, 0.5) is 0 Å². The van der Waals surface area contributed by atoms with Crippen molar-refractivity contribution >= 4 is 10.0 Å². The molecule has 0 aliphatic carbocycles. The van der Waals surface area contributed by atoms with Crippen molar-refractivity contribution in [3.8, 4) is 0 Å². The third kappa shape index (κ3) is 3.23. The van der Waals surface area contributed by atoms with Crippen molar-refractivity contribution in [1.82, 2.24) is 9.29 Å². The smallest absolute Gasteiger partial charge is 0.247 e. The molecule has 0 amide bonds. The van der Waals surface area contributed by atoms with Gasteiger partial charge in [-0.25, -0.2) is 8.42 Å². The van der Waals surface area contributed by atoms with E-state index in [9.17, 15) is 13.2 Å². The Morgan fingerprint density at radius 1 is 1.47 bits per heavy atom. The molecule has 1 aliphatic rings. The van der Waals surface area contributed by atoms with Gasteiger partial charge in [-0.2, -0.15) is 4.31 Å². The van der Waals surface area contributed by atoms with E-state index in [-0.39, 0.29) is 16.4 Å². The minimum absolute atomic E-state index is 0.118. The first-order chi connectivity index (χ1) is 9.04. The predicted molar refractivity (Wildman–Crippen MR) is 70.4 cm³/mol. The van der Waals surface area contributed by atoms with Crippen molar-refractivity contribution in [2.75, 3.05) is 26.3 Å². The van der Waals surface area contributed by atoms with Gasteiger partial charge in [0.15, 0.2) is 0 Å². The van der Waals surface area contributed by atoms with Gasteiger partial charge in [-0.3, -0.25) is 4.79 Å². The van der Waals surface area contributed by atoms with Crippen molar-refractivity contribution in [3.63, 3.8) is 0 Å². The predicted octanol–water partition coefficient (Wildman–Crippen LogP) is 0.422. The number of nitrogens with zero attached hydrogens (tertiary/aromatic N) is 1. The molecule has 6 nitrogen and oxygen atoms in total. The molecule has 0 bridgehead atoms. The molecule has 1 aliphatic heterocycles. The van der Waals surface area contributed by atoms with E-state index in [4.69, 9.17) is 4.74 Å². The first-order valence-corrected chi connectivity index (χ1v) is 7.74. The average molecular weight is 286 g/mol. The van der Waals surface area contributed by atoms with Crippen LogP contribution in [0, 0.1) is 5.92 Å². The number of aromatic amines is 1. The van der Waals surface area contributed by atoms with Crippen LogP contribution in [0.5, 0.6) is 0 Å². The van der Waals surface area contributed by atoms with Gasteiger partial charge in [0.1, 0.15) is 0 Å². The van der Waals surface area contributed by atoms with Crippen molar-refractivity contribution < 1.29 is 13.2 Å². The Kier molecular flexibility index (Phi) is 4.38. The number of sulfonamides is 1. The zero-order chi connectivity index (χ0) is 13.9. The second-order valence-corrected chi connectivity index (χ2v) is 6.51. The van der Waals surface area contributed by atoms with Gasteiger partial charge >= 0.3 is 0 Å². The first-order valence-electron chi connectivity index (χ1n) is 6.30. The lowest BCUT2D eigenvalue weighted by atomic mass is 10.1. The van der Waals surface area contributed by atoms with Gasteiger partial charge in [-0.15, -0.1) is 0 Å². The number of hydrogen-bond donors (Lipinski definition) is 1. The summed E-state index contributed by atoms with van der Waals surface area (Å²) in [6.07, 6.45) is 2.13. The normalized spacial score (nSPS) is 20.0. The molecule has 0 spiro atoms. The maximum absolute atomic E-state index is 12.4. The monoisotopic (exact) mass is 286 g/mol. The minimum atomic E-state index is -3.55. The van der Waals surface area contributed by atoms with Crippen LogP contribution < -0.4 is 5.56 Å². The summed E-state index contributed by atoms with van der Waals surface area (Å²) < 4.78 is 31.5. The van der Waals surface area contributed by atoms with Crippen LogP contribution in [-0.2, 0) is 14.8 Å². The van der Waals surface area contributed by atoms with Crippen LogP contribution in [0.2, 0.25) is 0 Å². The highest BCUT2D eigenvalue weighted by Gasteiger charge is 2.27. The molecular weight excluding hydrogens is 268 g/mol. The van der Waals surface area contributed by atoms with Crippen molar-refractivity contribution in [3.05, 3.63) is 28.7 Å². The number of hydrogen-bond acceptors (Lipinski definition) is 4. The van der Waals surface area contributed by atoms with Crippen LogP contribution in [0.25, 0.3) is 0 Å². The molecule has 19 heavy (non-hydrogen) atoms. The summed E-state index contributed by atoms with van der Waals surface area (Å²) in [5.74, 6) is 0.248. The van der Waals surface area contributed by atoms with E-state index in [1.807, 2.05) is 0 Å². The fourth-order valence-corrected chi connectivity index (χ4v) is 3.61. The van der Waals surface area contributed by atoms with Gasteiger partial charge in [-0.1, -0.05) is 6.92 Å². The Hall–Kier alpha value is -1.18. The number of aromatic nitrogens is 1. The molecule has 1 atom stereocenters. The van der Waals surface area contributed by atoms with Gasteiger partial charge in [-0.05, 0) is 18.4 Å². The minimum Gasteiger partial charge on any atom is -0.381 e. The van der Waals surface area contributed by atoms with Crippen molar-refractivity contribution in [2.24, 2.45) is 5.92 Å². The molecule has 0 saturated carbocycles. The third-order valence-corrected chi connectivity index (χ3v) is 5.17. The molecule has 1 saturated heterocycles. The maximum atomic E-state index is 12.4. The van der Waals surface area contributed by atoms with E-state index in [2.05, 4.69) is 4.98 Å². The molecule has 1 aromatic heterocycles. The highest BCUT2D eigenvalue weighted by atomic mass is 32.2. The molecule has 1 unspecified atom stereocenters. The molecule has 106 valence electrons. The van der Waals surface area contributed by atoms with Crippen LogP contribution in [-0.4, -0.2) is 44.0 Å². The van der Waals surface area contributed by atoms with E-state index < -0.39 is 10.0 Å². The van der Waals surface area contributed by atoms with E-state index in [0.29, 0.717) is 26.3 Å². The number of ether oxygens (including phenoxy) is 1. The summed E-state index contributed by atoms with van der Waals surface area (Å²) in [7, 11) is -3.55. The molecular formula is C12H18N2O4S. The SMILES string of the molecule is CCN(CC1CCOC1)S(=O)(=O)c1ccc(=O)[nH]c1. The summed E-state index contributed by atoms with van der Waals surface area (Å²) in [5.41, 5.74) is -0.314. The maximum Gasteiger partial charge on any atom is 0.247 e. The Morgan fingerprint density at radius 2 is 2.26 bits per heavy atom. The van der Waals surface area contributed by atoms with Gasteiger partial charge in [0.05, 0.1) is 11.5 Å². The molecule has 1 fully saturated rings. The lowest BCUT2D eigenvalue weighted by Gasteiger charge is -2.22. The van der Waals surface area contributed by atoms with E-state index in [0.717, 1.165) is 6.42 Å². The van der Waals surface area contributed by atoms with Gasteiger partial charge in [0, 0.05) is 32.0 Å². The zero-order valence-corrected chi connectivity index (χ0v) is 11.6. The Labute approximate surface area is 112 Å². The van der Waals surface area contributed by atoms with Crippen LogP contribution in [0.15, 0.2) is 28.0 Å². The summed E-state index contributed by atoms with van der Waals surface area (Å²) in [4.78, 5) is 13.5. The molecule has 1 aromatic rings. The molecule has 1 N–H and O–H groups in total. The topological polar surface area (TPSA) is 79.5 Å². The zero-order valence-electron chi connectivity index (χ0n) is 10.8. The van der Waals surface area contributed by atoms with Gasteiger partial charge in [0.2, 0.25) is 15.6 Å². The van der Waals surface area contributed by atoms with Crippen molar-refractivity contribution in [2.45, 2.75) is 18.2 Å². The Balaban J connectivity index is 2.19. The summed E-state index contributed by atoms with van der Waals surface area (Å²) in [6.45, 7) is 3.97. The molecule has 7 heteroatoms. The number of H-pyrrole nitrogens is 1. The standard InChI is InChI=1S/C12H18N2O4S/c1-2-14(8-10-5-6-18-9-10)19(16,17)11-3-4-12(15)13-7-11/h3-4,7,10H,2,5-6,8-9H2,1H3,(H,13,15). The summed E-state index contributed by atoms with van der Waals surface area (Å²) in [6, 6.07) is 2.56. The average Bonchev–Trinajstić information content (AvgIpc) is 2.89. The Bertz CT molecular complexity index is 555. The van der Waals surface area contributed by atoms with Crippen molar-refractivity contribution in [1.29, 1.82) is 0 Å². The lowest BCUT2D eigenvalue weighted by molar-refractivity contribution is 0.181. The van der Waals surface area contributed by atoms with Crippen LogP contribution in [0.1, 0.15) is 13.3 Å². The quantitative estimate of drug-likeness (QED) is 0.851. The fraction of sp³-hybridized carbons (Fsp3) is 0.583. The molecule has 0 radical (unpaired) electrons. The Morgan fingerprint density at radius 3 is 2.79 bits per heavy atom. The van der Waals surface area contributed by atoms with Crippen LogP contribution in [0.3, 0.4) is 0 Å².